The van der Waals surface area contributed by atoms with Gasteiger partial charge in [0, 0.05) is 62.3 Å². The first kappa shape index (κ1) is 22.3. The van der Waals surface area contributed by atoms with Crippen molar-refractivity contribution in [2.24, 2.45) is 5.92 Å². The van der Waals surface area contributed by atoms with E-state index in [-0.39, 0.29) is 11.8 Å². The van der Waals surface area contributed by atoms with Crippen LogP contribution in [0.4, 0.5) is 5.69 Å². The molecule has 8 heteroatoms. The number of benzene rings is 1. The third-order valence-corrected chi connectivity index (χ3v) is 7.50. The fourth-order valence-electron chi connectivity index (χ4n) is 3.55. The summed E-state index contributed by atoms with van der Waals surface area (Å²) in [4.78, 5) is 16.6. The van der Waals surface area contributed by atoms with E-state index in [0.29, 0.717) is 6.73 Å². The molecule has 1 fully saturated rings. The molecule has 0 N–H and O–H groups in total. The number of hydrogen-bond donors (Lipinski definition) is 0. The second kappa shape index (κ2) is 9.18. The van der Waals surface area contributed by atoms with E-state index in [4.69, 9.17) is 4.74 Å². The van der Waals surface area contributed by atoms with Crippen LogP contribution in [0.25, 0.3) is 10.9 Å². The maximum absolute atomic E-state index is 12.3. The van der Waals surface area contributed by atoms with Gasteiger partial charge in [-0.05, 0) is 18.2 Å². The van der Waals surface area contributed by atoms with Gasteiger partial charge in [-0.1, -0.05) is 49.4 Å². The molecule has 0 radical (unpaired) electrons. The Kier molecular flexibility index (Phi) is 7.06. The topological polar surface area (TPSA) is 50.6 Å². The quantitative estimate of drug-likeness (QED) is 0.434. The van der Waals surface area contributed by atoms with Gasteiger partial charge < -0.3 is 14.5 Å². The smallest absolute Gasteiger partial charge is 0.225 e. The molecule has 3 rings (SSSR count). The Balaban J connectivity index is 1.72. The number of hydrogen-bond acceptors (Lipinski definition) is 4. The van der Waals surface area contributed by atoms with Crippen molar-refractivity contribution in [2.45, 2.75) is 46.3 Å². The number of nitrogens with zero attached hydrogens (tertiary/aromatic N) is 4. The standard InChI is InChI=1S/C21H33BrN4O2Si/c1-16(2)21(27)25-8-6-24(7-9-25)19-12-17(22)13-20-18(19)14-23-26(20)15-28-10-11-29(3,4)5/h12-14,16H,6-11,15H2,1-5H3. The summed E-state index contributed by atoms with van der Waals surface area (Å²) in [5.41, 5.74) is 2.24. The number of carbonyl (C=O) groups excluding carboxylic acids is 1. The number of ether oxygens (including phenoxy) is 1. The number of piperazine rings is 1. The van der Waals surface area contributed by atoms with Gasteiger partial charge >= 0.3 is 0 Å². The normalized spacial score (nSPS) is 15.6. The number of anilines is 1. The molecule has 0 aliphatic carbocycles. The molecule has 0 bridgehead atoms. The van der Waals surface area contributed by atoms with E-state index in [2.05, 4.69) is 57.7 Å². The van der Waals surface area contributed by atoms with Crippen LogP contribution in [0, 0.1) is 5.92 Å². The number of rotatable bonds is 7. The van der Waals surface area contributed by atoms with Crippen molar-refractivity contribution >= 4 is 46.5 Å². The van der Waals surface area contributed by atoms with E-state index in [1.165, 1.54) is 5.69 Å². The molecule has 1 aliphatic rings. The molecule has 1 aliphatic heterocycles. The SMILES string of the molecule is CC(C)C(=O)N1CCN(c2cc(Br)cc3c2cnn3COCC[Si](C)(C)C)CC1. The fourth-order valence-corrected chi connectivity index (χ4v) is 4.74. The van der Waals surface area contributed by atoms with E-state index in [1.54, 1.807) is 0 Å². The van der Waals surface area contributed by atoms with Crippen LogP contribution < -0.4 is 4.90 Å². The second-order valence-corrected chi connectivity index (χ2v) is 15.9. The zero-order valence-electron chi connectivity index (χ0n) is 18.2. The molecule has 1 aromatic carbocycles. The lowest BCUT2D eigenvalue weighted by atomic mass is 10.1. The van der Waals surface area contributed by atoms with Crippen LogP contribution in [0.2, 0.25) is 25.7 Å². The van der Waals surface area contributed by atoms with Crippen LogP contribution in [-0.4, -0.2) is 61.4 Å². The van der Waals surface area contributed by atoms with Gasteiger partial charge in [0.1, 0.15) is 6.73 Å². The Labute approximate surface area is 183 Å². The Hall–Kier alpha value is -1.38. The van der Waals surface area contributed by atoms with Gasteiger partial charge in [0.25, 0.3) is 0 Å². The highest BCUT2D eigenvalue weighted by atomic mass is 79.9. The number of aromatic nitrogens is 2. The first-order chi connectivity index (χ1) is 13.7. The van der Waals surface area contributed by atoms with E-state index in [0.717, 1.165) is 54.2 Å². The number of amides is 1. The first-order valence-corrected chi connectivity index (χ1v) is 14.9. The van der Waals surface area contributed by atoms with Crippen molar-refractivity contribution in [3.8, 4) is 0 Å². The van der Waals surface area contributed by atoms with Crippen LogP contribution in [0.3, 0.4) is 0 Å². The van der Waals surface area contributed by atoms with Gasteiger partial charge in [0.2, 0.25) is 5.91 Å². The van der Waals surface area contributed by atoms with Crippen molar-refractivity contribution in [2.75, 3.05) is 37.7 Å². The minimum atomic E-state index is -1.09. The van der Waals surface area contributed by atoms with Crippen molar-refractivity contribution < 1.29 is 9.53 Å². The Morgan fingerprint density at radius 3 is 2.52 bits per heavy atom. The average Bonchev–Trinajstić information content (AvgIpc) is 3.06. The third kappa shape index (κ3) is 5.61. The molecular formula is C21H33BrN4O2Si. The minimum absolute atomic E-state index is 0.0540. The summed E-state index contributed by atoms with van der Waals surface area (Å²) in [5.74, 6) is 0.297. The zero-order valence-corrected chi connectivity index (χ0v) is 20.8. The summed E-state index contributed by atoms with van der Waals surface area (Å²) in [6.07, 6.45) is 1.94. The molecule has 0 saturated carbocycles. The van der Waals surface area contributed by atoms with E-state index < -0.39 is 8.07 Å². The third-order valence-electron chi connectivity index (χ3n) is 5.34. The molecule has 0 unspecified atom stereocenters. The molecule has 1 saturated heterocycles. The van der Waals surface area contributed by atoms with E-state index in [1.807, 2.05) is 29.6 Å². The van der Waals surface area contributed by atoms with Crippen molar-refractivity contribution in [3.63, 3.8) is 0 Å². The molecule has 160 valence electrons. The highest BCUT2D eigenvalue weighted by molar-refractivity contribution is 9.10. The predicted octanol–water partition coefficient (Wildman–Crippen LogP) is 4.42. The summed E-state index contributed by atoms with van der Waals surface area (Å²) in [6.45, 7) is 15.5. The predicted molar refractivity (Wildman–Crippen MR) is 125 cm³/mol. The molecule has 29 heavy (non-hydrogen) atoms. The molecule has 2 heterocycles. The largest absolute Gasteiger partial charge is 0.367 e. The highest BCUT2D eigenvalue weighted by Gasteiger charge is 2.24. The monoisotopic (exact) mass is 480 g/mol. The van der Waals surface area contributed by atoms with Gasteiger partial charge in [-0.2, -0.15) is 5.10 Å². The lowest BCUT2D eigenvalue weighted by Crippen LogP contribution is -2.50. The summed E-state index contributed by atoms with van der Waals surface area (Å²) >= 11 is 3.66. The van der Waals surface area contributed by atoms with Crippen LogP contribution in [0.1, 0.15) is 13.8 Å². The van der Waals surface area contributed by atoms with Gasteiger partial charge in [-0.15, -0.1) is 0 Å². The molecule has 1 aromatic heterocycles. The van der Waals surface area contributed by atoms with Gasteiger partial charge in [0.15, 0.2) is 0 Å². The summed E-state index contributed by atoms with van der Waals surface area (Å²) in [5, 5.41) is 5.71. The highest BCUT2D eigenvalue weighted by Crippen LogP contribution is 2.32. The van der Waals surface area contributed by atoms with Crippen molar-refractivity contribution in [1.82, 2.24) is 14.7 Å². The summed E-state index contributed by atoms with van der Waals surface area (Å²) in [7, 11) is -1.09. The average molecular weight is 482 g/mol. The zero-order chi connectivity index (χ0) is 21.2. The lowest BCUT2D eigenvalue weighted by molar-refractivity contribution is -0.134. The van der Waals surface area contributed by atoms with Crippen LogP contribution in [0.15, 0.2) is 22.8 Å². The number of fused-ring (bicyclic) bond motifs is 1. The molecular weight excluding hydrogens is 448 g/mol. The molecule has 1 amide bonds. The summed E-state index contributed by atoms with van der Waals surface area (Å²) < 4.78 is 8.88. The maximum Gasteiger partial charge on any atom is 0.225 e. The fraction of sp³-hybridized carbons (Fsp3) is 0.619. The van der Waals surface area contributed by atoms with Gasteiger partial charge in [0.05, 0.1) is 11.7 Å². The van der Waals surface area contributed by atoms with Crippen LogP contribution in [-0.2, 0) is 16.3 Å². The maximum atomic E-state index is 12.3. The lowest BCUT2D eigenvalue weighted by Gasteiger charge is -2.37. The van der Waals surface area contributed by atoms with Gasteiger partial charge in [-0.25, -0.2) is 4.68 Å². The minimum Gasteiger partial charge on any atom is -0.367 e. The second-order valence-electron chi connectivity index (χ2n) is 9.32. The van der Waals surface area contributed by atoms with Crippen molar-refractivity contribution in [1.29, 1.82) is 0 Å². The van der Waals surface area contributed by atoms with Crippen LogP contribution in [0.5, 0.6) is 0 Å². The van der Waals surface area contributed by atoms with Crippen molar-refractivity contribution in [3.05, 3.63) is 22.8 Å². The number of carbonyl (C=O) groups is 1. The Morgan fingerprint density at radius 1 is 1.21 bits per heavy atom. The Bertz CT molecular complexity index is 854. The first-order valence-electron chi connectivity index (χ1n) is 10.4. The molecule has 0 atom stereocenters. The molecule has 6 nitrogen and oxygen atoms in total. The van der Waals surface area contributed by atoms with Crippen LogP contribution >= 0.6 is 15.9 Å². The number of halogens is 1. The summed E-state index contributed by atoms with van der Waals surface area (Å²) in [6, 6.07) is 5.41. The van der Waals surface area contributed by atoms with E-state index in [9.17, 15) is 4.79 Å². The molecule has 2 aromatic rings. The molecule has 0 spiro atoms. The van der Waals surface area contributed by atoms with Gasteiger partial charge in [-0.3, -0.25) is 4.79 Å². The van der Waals surface area contributed by atoms with E-state index >= 15 is 0 Å². The Morgan fingerprint density at radius 2 is 1.90 bits per heavy atom.